The van der Waals surface area contributed by atoms with E-state index in [2.05, 4.69) is 97.2 Å². The minimum Gasteiger partial charge on any atom is -0.378 e. The van der Waals surface area contributed by atoms with E-state index in [0.29, 0.717) is 11.8 Å². The van der Waals surface area contributed by atoms with Crippen LogP contribution in [0.4, 0.5) is 0 Å². The quantitative estimate of drug-likeness (QED) is 0.342. The minimum absolute atomic E-state index is 0.467. The number of nitrogens with zero attached hydrogens (tertiary/aromatic N) is 1. The summed E-state index contributed by atoms with van der Waals surface area (Å²) in [5.41, 5.74) is 7.73. The Morgan fingerprint density at radius 1 is 1.07 bits per heavy atom. The highest BCUT2D eigenvalue weighted by Crippen LogP contribution is 2.30. The van der Waals surface area contributed by atoms with Crippen LogP contribution >= 0.6 is 0 Å². The smallest absolute Gasteiger partial charge is 0.0642 e. The molecule has 0 aliphatic carbocycles. The van der Waals surface area contributed by atoms with Crippen LogP contribution in [0.5, 0.6) is 0 Å². The van der Waals surface area contributed by atoms with Crippen molar-refractivity contribution in [3.63, 3.8) is 0 Å². The Balaban J connectivity index is 3.34. The van der Waals surface area contributed by atoms with E-state index in [-0.39, 0.29) is 0 Å². The fourth-order valence-corrected chi connectivity index (χ4v) is 3.64. The standard InChI is InChI=1S/C28H45NO/c1-10-13-26(22(6)11-2)27(20-21(4)5)25(9)24(8)14-15-28(23(7)12-3)29-16-18-30-19-17-29/h10,13-15,20-21,23H,9,11-12,16-19H2,1-8H3/b13-10-,24-14-,26-22+,27-20+,28-15+. The largest absolute Gasteiger partial charge is 0.378 e. The first kappa shape index (κ1) is 26.2. The van der Waals surface area contributed by atoms with Crippen LogP contribution in [0, 0.1) is 11.8 Å². The Morgan fingerprint density at radius 2 is 1.70 bits per heavy atom. The molecule has 0 radical (unpaired) electrons. The lowest BCUT2D eigenvalue weighted by atomic mass is 9.87. The van der Waals surface area contributed by atoms with Gasteiger partial charge in [-0.05, 0) is 73.8 Å². The van der Waals surface area contributed by atoms with Crippen molar-refractivity contribution in [1.82, 2.24) is 4.90 Å². The highest BCUT2D eigenvalue weighted by Gasteiger charge is 2.18. The zero-order valence-corrected chi connectivity index (χ0v) is 20.8. The van der Waals surface area contributed by atoms with E-state index in [1.165, 1.54) is 28.0 Å². The summed E-state index contributed by atoms with van der Waals surface area (Å²) < 4.78 is 5.56. The number of hydrogen-bond acceptors (Lipinski definition) is 2. The van der Waals surface area contributed by atoms with Crippen LogP contribution in [-0.4, -0.2) is 31.2 Å². The summed E-state index contributed by atoms with van der Waals surface area (Å²) in [5, 5.41) is 0. The molecule has 1 heterocycles. The van der Waals surface area contributed by atoms with Gasteiger partial charge in [-0.3, -0.25) is 0 Å². The van der Waals surface area contributed by atoms with Crippen molar-refractivity contribution in [1.29, 1.82) is 0 Å². The lowest BCUT2D eigenvalue weighted by molar-refractivity contribution is 0.0489. The van der Waals surface area contributed by atoms with Gasteiger partial charge in [0.1, 0.15) is 0 Å². The van der Waals surface area contributed by atoms with Crippen molar-refractivity contribution in [3.05, 3.63) is 70.5 Å². The van der Waals surface area contributed by atoms with E-state index in [1.54, 1.807) is 0 Å². The Morgan fingerprint density at radius 3 is 2.20 bits per heavy atom. The zero-order chi connectivity index (χ0) is 22.7. The van der Waals surface area contributed by atoms with E-state index in [0.717, 1.165) is 44.7 Å². The van der Waals surface area contributed by atoms with Gasteiger partial charge in [0.05, 0.1) is 13.2 Å². The van der Waals surface area contributed by atoms with Gasteiger partial charge in [0, 0.05) is 18.8 Å². The first-order chi connectivity index (χ1) is 14.3. The maximum absolute atomic E-state index is 5.56. The predicted molar refractivity (Wildman–Crippen MR) is 134 cm³/mol. The number of hydrogen-bond donors (Lipinski definition) is 0. The van der Waals surface area contributed by atoms with E-state index in [4.69, 9.17) is 4.74 Å². The van der Waals surface area contributed by atoms with Gasteiger partial charge in [0.25, 0.3) is 0 Å². The number of allylic oxidation sites excluding steroid dienone is 11. The normalized spacial score (nSPS) is 18.8. The van der Waals surface area contributed by atoms with E-state index >= 15 is 0 Å². The van der Waals surface area contributed by atoms with Crippen molar-refractivity contribution in [3.8, 4) is 0 Å². The number of ether oxygens (including phenoxy) is 1. The van der Waals surface area contributed by atoms with Crippen molar-refractivity contribution in [2.24, 2.45) is 11.8 Å². The highest BCUT2D eigenvalue weighted by atomic mass is 16.5. The molecule has 1 aliphatic rings. The Bertz CT molecular complexity index is 709. The fourth-order valence-electron chi connectivity index (χ4n) is 3.64. The molecule has 30 heavy (non-hydrogen) atoms. The molecule has 1 unspecified atom stereocenters. The molecule has 1 fully saturated rings. The topological polar surface area (TPSA) is 12.5 Å². The van der Waals surface area contributed by atoms with Crippen LogP contribution in [0.2, 0.25) is 0 Å². The summed E-state index contributed by atoms with van der Waals surface area (Å²) in [6, 6.07) is 0. The van der Waals surface area contributed by atoms with Gasteiger partial charge < -0.3 is 9.64 Å². The number of morpholine rings is 1. The second-order valence-electron chi connectivity index (χ2n) is 8.70. The Kier molecular flexibility index (Phi) is 11.8. The molecule has 0 spiro atoms. The summed E-state index contributed by atoms with van der Waals surface area (Å²) in [6.07, 6.45) is 13.5. The average Bonchev–Trinajstić information content (AvgIpc) is 2.75. The summed E-state index contributed by atoms with van der Waals surface area (Å²) in [7, 11) is 0. The van der Waals surface area contributed by atoms with Crippen LogP contribution < -0.4 is 0 Å². The molecule has 1 saturated heterocycles. The van der Waals surface area contributed by atoms with Crippen LogP contribution in [0.15, 0.2) is 70.5 Å². The molecule has 168 valence electrons. The van der Waals surface area contributed by atoms with Gasteiger partial charge in [-0.2, -0.15) is 0 Å². The van der Waals surface area contributed by atoms with Crippen molar-refractivity contribution < 1.29 is 4.74 Å². The van der Waals surface area contributed by atoms with Gasteiger partial charge in [-0.1, -0.05) is 71.1 Å². The van der Waals surface area contributed by atoms with Crippen LogP contribution in [0.25, 0.3) is 0 Å². The lowest BCUT2D eigenvalue weighted by Gasteiger charge is -2.33. The monoisotopic (exact) mass is 411 g/mol. The molecule has 1 atom stereocenters. The molecule has 1 aliphatic heterocycles. The molecule has 0 saturated carbocycles. The molecule has 1 rings (SSSR count). The van der Waals surface area contributed by atoms with Gasteiger partial charge in [0.15, 0.2) is 0 Å². The average molecular weight is 412 g/mol. The SMILES string of the molecule is C=C(/C(C)=C\C=C(/C(C)CC)N1CCOCC1)C(=C\C(C)C)/C(/C=C\C)=C(\C)CC. The molecule has 0 aromatic heterocycles. The third-order valence-electron chi connectivity index (χ3n) is 5.91. The van der Waals surface area contributed by atoms with Crippen LogP contribution in [0.1, 0.15) is 68.2 Å². The van der Waals surface area contributed by atoms with E-state index in [1.807, 2.05) is 0 Å². The maximum Gasteiger partial charge on any atom is 0.0642 e. The van der Waals surface area contributed by atoms with Gasteiger partial charge >= 0.3 is 0 Å². The highest BCUT2D eigenvalue weighted by molar-refractivity contribution is 5.59. The van der Waals surface area contributed by atoms with Crippen LogP contribution in [0.3, 0.4) is 0 Å². The summed E-state index contributed by atoms with van der Waals surface area (Å²) in [5.74, 6) is 1.00. The molecular formula is C28H45NO. The third-order valence-corrected chi connectivity index (χ3v) is 5.91. The minimum atomic E-state index is 0.467. The molecule has 0 aromatic carbocycles. The lowest BCUT2D eigenvalue weighted by Crippen LogP contribution is -2.37. The second kappa shape index (κ2) is 13.5. The molecule has 0 bridgehead atoms. The van der Waals surface area contributed by atoms with E-state index in [9.17, 15) is 0 Å². The number of rotatable bonds is 10. The molecule has 2 heteroatoms. The first-order valence-corrected chi connectivity index (χ1v) is 11.7. The molecule has 0 N–H and O–H groups in total. The fraction of sp³-hybridized carbons (Fsp3) is 0.571. The maximum atomic E-state index is 5.56. The predicted octanol–water partition coefficient (Wildman–Crippen LogP) is 7.64. The van der Waals surface area contributed by atoms with Gasteiger partial charge in [-0.25, -0.2) is 0 Å². The summed E-state index contributed by atoms with van der Waals surface area (Å²) >= 11 is 0. The molecular weight excluding hydrogens is 366 g/mol. The summed E-state index contributed by atoms with van der Waals surface area (Å²) in [4.78, 5) is 2.49. The van der Waals surface area contributed by atoms with Crippen molar-refractivity contribution >= 4 is 0 Å². The van der Waals surface area contributed by atoms with Crippen molar-refractivity contribution in [2.45, 2.75) is 68.2 Å². The van der Waals surface area contributed by atoms with Crippen molar-refractivity contribution in [2.75, 3.05) is 26.3 Å². The zero-order valence-electron chi connectivity index (χ0n) is 20.8. The van der Waals surface area contributed by atoms with Crippen LogP contribution in [-0.2, 0) is 4.74 Å². The molecule has 2 nitrogen and oxygen atoms in total. The molecule has 0 amide bonds. The van der Waals surface area contributed by atoms with Gasteiger partial charge in [0.2, 0.25) is 0 Å². The second-order valence-corrected chi connectivity index (χ2v) is 8.70. The molecule has 0 aromatic rings. The van der Waals surface area contributed by atoms with E-state index < -0.39 is 0 Å². The third kappa shape index (κ3) is 7.80. The Labute approximate surface area is 186 Å². The Hall–Kier alpha value is -1.80. The summed E-state index contributed by atoms with van der Waals surface area (Å²) in [6.45, 7) is 25.9. The first-order valence-electron chi connectivity index (χ1n) is 11.7. The van der Waals surface area contributed by atoms with Gasteiger partial charge in [-0.15, -0.1) is 0 Å².